The zero-order valence-electron chi connectivity index (χ0n) is 8.84. The summed E-state index contributed by atoms with van der Waals surface area (Å²) in [6, 6.07) is 4.88. The molecular formula is C11H18N2S. The summed E-state index contributed by atoms with van der Waals surface area (Å²) in [6.45, 7) is 5.67. The molecule has 2 nitrogen and oxygen atoms in total. The molecule has 1 saturated heterocycles. The normalized spacial score (nSPS) is 26.0. The van der Waals surface area contributed by atoms with Gasteiger partial charge in [-0.15, -0.1) is 11.3 Å². The predicted octanol–water partition coefficient (Wildman–Crippen LogP) is 2.69. The quantitative estimate of drug-likeness (QED) is 0.784. The van der Waals surface area contributed by atoms with E-state index in [4.69, 9.17) is 0 Å². The third-order valence-electron chi connectivity index (χ3n) is 2.72. The van der Waals surface area contributed by atoms with Crippen LogP contribution in [0.25, 0.3) is 0 Å². The summed E-state index contributed by atoms with van der Waals surface area (Å²) in [4.78, 5) is 0. The topological polar surface area (TPSA) is 24.1 Å². The van der Waals surface area contributed by atoms with E-state index >= 15 is 0 Å². The molecule has 1 unspecified atom stereocenters. The second-order valence-corrected chi connectivity index (χ2v) is 5.57. The third kappa shape index (κ3) is 2.49. The molecule has 0 saturated carbocycles. The summed E-state index contributed by atoms with van der Waals surface area (Å²) < 4.78 is 0. The Balaban J connectivity index is 1.92. The van der Waals surface area contributed by atoms with Gasteiger partial charge in [0.25, 0.3) is 0 Å². The van der Waals surface area contributed by atoms with E-state index in [1.165, 1.54) is 17.8 Å². The fourth-order valence-corrected chi connectivity index (χ4v) is 2.76. The molecule has 1 aliphatic rings. The van der Waals surface area contributed by atoms with Crippen molar-refractivity contribution in [3.05, 3.63) is 17.5 Å². The van der Waals surface area contributed by atoms with Gasteiger partial charge in [-0.2, -0.15) is 0 Å². The van der Waals surface area contributed by atoms with Gasteiger partial charge in [-0.1, -0.05) is 0 Å². The minimum absolute atomic E-state index is 0.285. The molecule has 0 amide bonds. The molecule has 3 heteroatoms. The summed E-state index contributed by atoms with van der Waals surface area (Å²) in [5.74, 6) is 0. The van der Waals surface area contributed by atoms with Crippen molar-refractivity contribution in [3.8, 4) is 0 Å². The Morgan fingerprint density at radius 3 is 3.07 bits per heavy atom. The van der Waals surface area contributed by atoms with Crippen LogP contribution in [-0.4, -0.2) is 18.1 Å². The van der Waals surface area contributed by atoms with Gasteiger partial charge in [-0.3, -0.25) is 0 Å². The lowest BCUT2D eigenvalue weighted by molar-refractivity contribution is 0.286. The zero-order valence-corrected chi connectivity index (χ0v) is 9.66. The van der Waals surface area contributed by atoms with Crippen LogP contribution in [0.1, 0.15) is 26.7 Å². The number of rotatable bonds is 2. The largest absolute Gasteiger partial charge is 0.374 e. The summed E-state index contributed by atoms with van der Waals surface area (Å²) in [5.41, 5.74) is 0.285. The molecule has 2 rings (SSSR count). The monoisotopic (exact) mass is 210 g/mol. The second-order valence-electron chi connectivity index (χ2n) is 4.62. The lowest BCUT2D eigenvalue weighted by Crippen LogP contribution is -2.49. The van der Waals surface area contributed by atoms with Crippen LogP contribution >= 0.6 is 11.3 Å². The van der Waals surface area contributed by atoms with Crippen LogP contribution < -0.4 is 10.6 Å². The molecular weight excluding hydrogens is 192 g/mol. The van der Waals surface area contributed by atoms with Crippen LogP contribution in [0.15, 0.2) is 17.5 Å². The van der Waals surface area contributed by atoms with E-state index in [0.717, 1.165) is 6.54 Å². The first-order valence-corrected chi connectivity index (χ1v) is 6.09. The van der Waals surface area contributed by atoms with E-state index in [9.17, 15) is 0 Å². The lowest BCUT2D eigenvalue weighted by Gasteiger charge is -2.37. The Bertz CT molecular complexity index is 279. The Morgan fingerprint density at radius 2 is 2.43 bits per heavy atom. The van der Waals surface area contributed by atoms with Gasteiger partial charge in [0.1, 0.15) is 0 Å². The zero-order chi connectivity index (χ0) is 10.0. The van der Waals surface area contributed by atoms with Crippen molar-refractivity contribution in [1.29, 1.82) is 0 Å². The first kappa shape index (κ1) is 9.99. The number of nitrogens with one attached hydrogen (secondary N) is 2. The molecule has 2 N–H and O–H groups in total. The first-order chi connectivity index (χ1) is 6.66. The highest BCUT2D eigenvalue weighted by molar-refractivity contribution is 7.14. The smallest absolute Gasteiger partial charge is 0.0884 e. The van der Waals surface area contributed by atoms with E-state index in [-0.39, 0.29) is 5.54 Å². The number of hydrogen-bond acceptors (Lipinski definition) is 3. The van der Waals surface area contributed by atoms with E-state index in [1.54, 1.807) is 11.3 Å². The fourth-order valence-electron chi connectivity index (χ4n) is 2.06. The van der Waals surface area contributed by atoms with Gasteiger partial charge in [0, 0.05) is 11.6 Å². The SMILES string of the molecule is CC1(C)CC(Nc2cccs2)CCN1. The summed E-state index contributed by atoms with van der Waals surface area (Å²) in [7, 11) is 0. The molecule has 78 valence electrons. The first-order valence-electron chi connectivity index (χ1n) is 5.21. The predicted molar refractivity (Wildman–Crippen MR) is 63.0 cm³/mol. The molecule has 0 aromatic carbocycles. The van der Waals surface area contributed by atoms with Gasteiger partial charge in [0.05, 0.1) is 5.00 Å². The Morgan fingerprint density at radius 1 is 1.57 bits per heavy atom. The second kappa shape index (κ2) is 3.91. The fraction of sp³-hybridized carbons (Fsp3) is 0.636. The van der Waals surface area contributed by atoms with Crippen molar-refractivity contribution in [3.63, 3.8) is 0 Å². The van der Waals surface area contributed by atoms with Gasteiger partial charge >= 0.3 is 0 Å². The molecule has 1 aliphatic heterocycles. The molecule has 1 aromatic heterocycles. The molecule has 0 spiro atoms. The minimum atomic E-state index is 0.285. The molecule has 2 heterocycles. The van der Waals surface area contributed by atoms with Gasteiger partial charge in [0.2, 0.25) is 0 Å². The average Bonchev–Trinajstić information content (AvgIpc) is 2.54. The van der Waals surface area contributed by atoms with Crippen molar-refractivity contribution in [2.45, 2.75) is 38.3 Å². The molecule has 1 atom stereocenters. The average molecular weight is 210 g/mol. The maximum atomic E-state index is 3.59. The molecule has 1 aromatic rings. The standard InChI is InChI=1S/C11H18N2S/c1-11(2)8-9(5-6-12-11)13-10-4-3-7-14-10/h3-4,7,9,12-13H,5-6,8H2,1-2H3. The van der Waals surface area contributed by atoms with Crippen molar-refractivity contribution < 1.29 is 0 Å². The molecule has 0 radical (unpaired) electrons. The Kier molecular flexibility index (Phi) is 2.79. The highest BCUT2D eigenvalue weighted by Gasteiger charge is 2.27. The summed E-state index contributed by atoms with van der Waals surface area (Å²) in [5, 5.41) is 10.5. The minimum Gasteiger partial charge on any atom is -0.374 e. The molecule has 1 fully saturated rings. The van der Waals surface area contributed by atoms with E-state index < -0.39 is 0 Å². The molecule has 0 aliphatic carbocycles. The van der Waals surface area contributed by atoms with Crippen LogP contribution in [0.3, 0.4) is 0 Å². The molecule has 0 bridgehead atoms. The van der Waals surface area contributed by atoms with E-state index in [0.29, 0.717) is 6.04 Å². The summed E-state index contributed by atoms with van der Waals surface area (Å²) in [6.07, 6.45) is 2.42. The molecule has 14 heavy (non-hydrogen) atoms. The summed E-state index contributed by atoms with van der Waals surface area (Å²) >= 11 is 1.79. The van der Waals surface area contributed by atoms with Crippen LogP contribution in [0.4, 0.5) is 5.00 Å². The van der Waals surface area contributed by atoms with E-state index in [1.807, 2.05) is 0 Å². The number of piperidine rings is 1. The van der Waals surface area contributed by atoms with E-state index in [2.05, 4.69) is 42.0 Å². The van der Waals surface area contributed by atoms with Crippen LogP contribution in [0, 0.1) is 0 Å². The Labute approximate surface area is 89.7 Å². The van der Waals surface area contributed by atoms with Crippen LogP contribution in [0.2, 0.25) is 0 Å². The maximum absolute atomic E-state index is 3.59. The van der Waals surface area contributed by atoms with Gasteiger partial charge < -0.3 is 10.6 Å². The number of anilines is 1. The van der Waals surface area contributed by atoms with Crippen LogP contribution in [-0.2, 0) is 0 Å². The van der Waals surface area contributed by atoms with Crippen molar-refractivity contribution >= 4 is 16.3 Å². The van der Waals surface area contributed by atoms with Gasteiger partial charge in [-0.05, 0) is 50.7 Å². The highest BCUT2D eigenvalue weighted by Crippen LogP contribution is 2.24. The van der Waals surface area contributed by atoms with Crippen molar-refractivity contribution in [2.24, 2.45) is 0 Å². The number of hydrogen-bond donors (Lipinski definition) is 2. The van der Waals surface area contributed by atoms with Crippen LogP contribution in [0.5, 0.6) is 0 Å². The van der Waals surface area contributed by atoms with Crippen molar-refractivity contribution in [1.82, 2.24) is 5.32 Å². The van der Waals surface area contributed by atoms with Crippen molar-refractivity contribution in [2.75, 3.05) is 11.9 Å². The Hall–Kier alpha value is -0.540. The lowest BCUT2D eigenvalue weighted by atomic mass is 9.89. The highest BCUT2D eigenvalue weighted by atomic mass is 32.1. The number of thiophene rings is 1. The third-order valence-corrected chi connectivity index (χ3v) is 3.52. The van der Waals surface area contributed by atoms with Gasteiger partial charge in [-0.25, -0.2) is 0 Å². The maximum Gasteiger partial charge on any atom is 0.0884 e. The van der Waals surface area contributed by atoms with Gasteiger partial charge in [0.15, 0.2) is 0 Å².